The van der Waals surface area contributed by atoms with Gasteiger partial charge in [-0.2, -0.15) is 11.8 Å². The quantitative estimate of drug-likeness (QED) is 0.388. The average molecular weight is 210 g/mol. The van der Waals surface area contributed by atoms with Gasteiger partial charge in [-0.1, -0.05) is 24.3 Å². The number of hydrogen-bond donors (Lipinski definition) is 3. The third-order valence-electron chi connectivity index (χ3n) is 1.80. The molecule has 0 aliphatic carbocycles. The summed E-state index contributed by atoms with van der Waals surface area (Å²) in [5, 5.41) is 16.0. The van der Waals surface area contributed by atoms with Crippen molar-refractivity contribution >= 4 is 17.6 Å². The van der Waals surface area contributed by atoms with Crippen LogP contribution in [0.3, 0.4) is 0 Å². The van der Waals surface area contributed by atoms with Crippen LogP contribution in [-0.4, -0.2) is 23.3 Å². The molecular formula is C10H14N2OS. The Labute approximate surface area is 87.8 Å². The van der Waals surface area contributed by atoms with Gasteiger partial charge in [-0.15, -0.1) is 0 Å². The van der Waals surface area contributed by atoms with Crippen LogP contribution in [-0.2, 0) is 5.75 Å². The predicted octanol–water partition coefficient (Wildman–Crippen LogP) is 1.20. The molecule has 4 N–H and O–H groups in total. The minimum atomic E-state index is 0.102. The van der Waals surface area contributed by atoms with Crippen molar-refractivity contribution in [3.63, 3.8) is 0 Å². The van der Waals surface area contributed by atoms with Gasteiger partial charge in [0.25, 0.3) is 0 Å². The Kier molecular flexibility index (Phi) is 4.49. The Bertz CT molecular complexity index is 315. The number of aliphatic hydroxyl groups excluding tert-OH is 1. The molecule has 3 nitrogen and oxygen atoms in total. The highest BCUT2D eigenvalue weighted by Gasteiger charge is 2.03. The number of benzene rings is 1. The van der Waals surface area contributed by atoms with E-state index in [0.29, 0.717) is 5.75 Å². The third-order valence-corrected chi connectivity index (χ3v) is 2.79. The zero-order valence-electron chi connectivity index (χ0n) is 7.86. The van der Waals surface area contributed by atoms with E-state index in [2.05, 4.69) is 0 Å². The monoisotopic (exact) mass is 210 g/mol. The largest absolute Gasteiger partial charge is 0.396 e. The first kappa shape index (κ1) is 11.1. The SMILES string of the molecule is N=C(N)c1ccccc1CSCCO. The van der Waals surface area contributed by atoms with Crippen LogP contribution in [0, 0.1) is 5.41 Å². The van der Waals surface area contributed by atoms with E-state index in [9.17, 15) is 0 Å². The Morgan fingerprint density at radius 2 is 2.14 bits per heavy atom. The number of amidine groups is 1. The first-order chi connectivity index (χ1) is 6.75. The maximum atomic E-state index is 8.63. The first-order valence-electron chi connectivity index (χ1n) is 4.36. The molecule has 0 bridgehead atoms. The van der Waals surface area contributed by atoms with Crippen LogP contribution in [0.2, 0.25) is 0 Å². The number of nitrogen functional groups attached to an aromatic ring is 1. The van der Waals surface area contributed by atoms with Crippen molar-refractivity contribution in [3.8, 4) is 0 Å². The van der Waals surface area contributed by atoms with Gasteiger partial charge < -0.3 is 10.8 Å². The lowest BCUT2D eigenvalue weighted by Crippen LogP contribution is -2.13. The summed E-state index contributed by atoms with van der Waals surface area (Å²) >= 11 is 1.64. The summed E-state index contributed by atoms with van der Waals surface area (Å²) in [6.07, 6.45) is 0. The van der Waals surface area contributed by atoms with Gasteiger partial charge in [0.2, 0.25) is 0 Å². The fourth-order valence-electron chi connectivity index (χ4n) is 1.16. The number of rotatable bonds is 5. The van der Waals surface area contributed by atoms with Gasteiger partial charge in [0.15, 0.2) is 0 Å². The molecule has 0 unspecified atom stereocenters. The molecule has 0 heterocycles. The molecule has 0 aliphatic rings. The summed E-state index contributed by atoms with van der Waals surface area (Å²) in [5.41, 5.74) is 7.29. The molecule has 0 atom stereocenters. The molecule has 0 spiro atoms. The number of hydrogen-bond acceptors (Lipinski definition) is 3. The van der Waals surface area contributed by atoms with E-state index in [1.807, 2.05) is 24.3 Å². The van der Waals surface area contributed by atoms with E-state index in [1.165, 1.54) is 0 Å². The molecule has 0 amide bonds. The van der Waals surface area contributed by atoms with Gasteiger partial charge >= 0.3 is 0 Å². The molecular weight excluding hydrogens is 196 g/mol. The fourth-order valence-corrected chi connectivity index (χ4v) is 1.90. The van der Waals surface area contributed by atoms with E-state index in [1.54, 1.807) is 11.8 Å². The van der Waals surface area contributed by atoms with Crippen molar-refractivity contribution in [3.05, 3.63) is 35.4 Å². The van der Waals surface area contributed by atoms with Crippen molar-refractivity contribution in [1.82, 2.24) is 0 Å². The molecule has 0 saturated heterocycles. The lowest BCUT2D eigenvalue weighted by Gasteiger charge is -2.06. The summed E-state index contributed by atoms with van der Waals surface area (Å²) in [4.78, 5) is 0. The molecule has 1 rings (SSSR count). The molecule has 0 radical (unpaired) electrons. The van der Waals surface area contributed by atoms with Gasteiger partial charge in [0.05, 0.1) is 6.61 Å². The highest BCUT2D eigenvalue weighted by molar-refractivity contribution is 7.98. The van der Waals surface area contributed by atoms with Crippen LogP contribution in [0.5, 0.6) is 0 Å². The minimum Gasteiger partial charge on any atom is -0.396 e. The van der Waals surface area contributed by atoms with E-state index < -0.39 is 0 Å². The molecule has 0 aromatic heterocycles. The van der Waals surface area contributed by atoms with Crippen molar-refractivity contribution < 1.29 is 5.11 Å². The van der Waals surface area contributed by atoms with Crippen molar-refractivity contribution in [2.45, 2.75) is 5.75 Å². The van der Waals surface area contributed by atoms with Gasteiger partial charge in [-0.3, -0.25) is 5.41 Å². The smallest absolute Gasteiger partial charge is 0.123 e. The maximum Gasteiger partial charge on any atom is 0.123 e. The Morgan fingerprint density at radius 1 is 1.43 bits per heavy atom. The second-order valence-corrected chi connectivity index (χ2v) is 3.95. The van der Waals surface area contributed by atoms with Crippen LogP contribution in [0.4, 0.5) is 0 Å². The van der Waals surface area contributed by atoms with Gasteiger partial charge in [-0.05, 0) is 5.56 Å². The highest BCUT2D eigenvalue weighted by atomic mass is 32.2. The van der Waals surface area contributed by atoms with E-state index >= 15 is 0 Å². The standard InChI is InChI=1S/C10H14N2OS/c11-10(12)9-4-2-1-3-8(9)7-14-6-5-13/h1-4,13H,5-7H2,(H3,11,12). The lowest BCUT2D eigenvalue weighted by molar-refractivity contribution is 0.322. The summed E-state index contributed by atoms with van der Waals surface area (Å²) in [6, 6.07) is 7.61. The molecule has 14 heavy (non-hydrogen) atoms. The molecule has 0 fully saturated rings. The third kappa shape index (κ3) is 3.05. The summed E-state index contributed by atoms with van der Waals surface area (Å²) in [6.45, 7) is 0.187. The van der Waals surface area contributed by atoms with E-state index in [0.717, 1.165) is 16.9 Å². The van der Waals surface area contributed by atoms with Crippen molar-refractivity contribution in [2.24, 2.45) is 5.73 Å². The Morgan fingerprint density at radius 3 is 2.79 bits per heavy atom. The average Bonchev–Trinajstić information content (AvgIpc) is 2.19. The normalized spacial score (nSPS) is 10.1. The highest BCUT2D eigenvalue weighted by Crippen LogP contribution is 2.15. The molecule has 0 aliphatic heterocycles. The Hall–Kier alpha value is -1.00. The summed E-state index contributed by atoms with van der Waals surface area (Å²) < 4.78 is 0. The van der Waals surface area contributed by atoms with Crippen LogP contribution in [0.15, 0.2) is 24.3 Å². The van der Waals surface area contributed by atoms with Crippen molar-refractivity contribution in [2.75, 3.05) is 12.4 Å². The second-order valence-electron chi connectivity index (χ2n) is 2.85. The Balaban J connectivity index is 2.69. The second kappa shape index (κ2) is 5.67. The fraction of sp³-hybridized carbons (Fsp3) is 0.300. The molecule has 1 aromatic rings. The number of nitrogens with two attached hydrogens (primary N) is 1. The van der Waals surface area contributed by atoms with Crippen LogP contribution < -0.4 is 5.73 Å². The topological polar surface area (TPSA) is 70.1 Å². The minimum absolute atomic E-state index is 0.102. The number of thioether (sulfide) groups is 1. The predicted molar refractivity (Wildman–Crippen MR) is 60.7 cm³/mol. The number of aliphatic hydroxyl groups is 1. The lowest BCUT2D eigenvalue weighted by atomic mass is 10.1. The van der Waals surface area contributed by atoms with Crippen LogP contribution in [0.25, 0.3) is 0 Å². The molecule has 76 valence electrons. The van der Waals surface area contributed by atoms with Gasteiger partial charge in [0, 0.05) is 17.1 Å². The van der Waals surface area contributed by atoms with Gasteiger partial charge in [-0.25, -0.2) is 0 Å². The number of nitrogens with one attached hydrogen (secondary N) is 1. The summed E-state index contributed by atoms with van der Waals surface area (Å²) in [7, 11) is 0. The van der Waals surface area contributed by atoms with Crippen molar-refractivity contribution in [1.29, 1.82) is 5.41 Å². The van der Waals surface area contributed by atoms with Crippen LogP contribution >= 0.6 is 11.8 Å². The van der Waals surface area contributed by atoms with Crippen LogP contribution in [0.1, 0.15) is 11.1 Å². The molecule has 1 aromatic carbocycles. The summed E-state index contributed by atoms with van der Waals surface area (Å²) in [5.74, 6) is 1.60. The first-order valence-corrected chi connectivity index (χ1v) is 5.52. The van der Waals surface area contributed by atoms with E-state index in [-0.39, 0.29) is 12.4 Å². The molecule has 4 heteroatoms. The van der Waals surface area contributed by atoms with Gasteiger partial charge in [0.1, 0.15) is 5.84 Å². The molecule has 0 saturated carbocycles. The van der Waals surface area contributed by atoms with E-state index in [4.69, 9.17) is 16.2 Å². The zero-order valence-corrected chi connectivity index (χ0v) is 8.68. The maximum absolute atomic E-state index is 8.63. The zero-order chi connectivity index (χ0) is 10.4.